The van der Waals surface area contributed by atoms with Gasteiger partial charge in [0.1, 0.15) is 0 Å². The number of hydrogen-bond donors (Lipinski definition) is 2. The third-order valence-corrected chi connectivity index (χ3v) is 2.30. The van der Waals surface area contributed by atoms with Crippen molar-refractivity contribution in [1.29, 1.82) is 0 Å². The molecule has 0 bridgehead atoms. The zero-order valence-corrected chi connectivity index (χ0v) is 13.6. The van der Waals surface area contributed by atoms with E-state index >= 15 is 0 Å². The van der Waals surface area contributed by atoms with E-state index in [1.165, 1.54) is 6.20 Å². The Kier molecular flexibility index (Phi) is 14.7. The molecule has 0 aromatic carbocycles. The van der Waals surface area contributed by atoms with E-state index in [1.54, 1.807) is 12.1 Å². The molecule has 0 amide bonds. The van der Waals surface area contributed by atoms with Gasteiger partial charge in [0.25, 0.3) is 0 Å². The maximum Gasteiger partial charge on any atom is 0.337 e. The molecular weight excluding hydrogens is 266 g/mol. The summed E-state index contributed by atoms with van der Waals surface area (Å²) in [6.07, 6.45) is 9.71. The number of hydrogen-bond acceptors (Lipinski definition) is 3. The fourth-order valence-corrected chi connectivity index (χ4v) is 1.49. The number of carboxylic acids is 1. The first kappa shape index (κ1) is 21.4. The Morgan fingerprint density at radius 1 is 1.10 bits per heavy atom. The summed E-state index contributed by atoms with van der Waals surface area (Å²) >= 11 is 0. The van der Waals surface area contributed by atoms with Crippen molar-refractivity contribution in [3.63, 3.8) is 0 Å². The molecule has 2 N–H and O–H groups in total. The predicted molar refractivity (Wildman–Crippen MR) is 88.4 cm³/mol. The predicted octanol–water partition coefficient (Wildman–Crippen LogP) is 4.17. The third-order valence-electron chi connectivity index (χ3n) is 2.30. The van der Waals surface area contributed by atoms with Crippen molar-refractivity contribution in [3.05, 3.63) is 47.8 Å². The highest BCUT2D eigenvalue weighted by Gasteiger charge is 2.05. The van der Waals surface area contributed by atoms with Crippen molar-refractivity contribution in [2.75, 3.05) is 7.11 Å². The first-order chi connectivity index (χ1) is 10.3. The number of carboxylic acid groups (broad SMARTS) is 1. The van der Waals surface area contributed by atoms with Crippen LogP contribution in [0.5, 0.6) is 0 Å². The Balaban J connectivity index is 0. The summed E-state index contributed by atoms with van der Waals surface area (Å²) in [5, 5.41) is 15.7. The molecule has 2 rings (SSSR count). The van der Waals surface area contributed by atoms with Crippen molar-refractivity contribution >= 4 is 11.5 Å². The molecule has 1 aromatic heterocycles. The molecule has 0 atom stereocenters. The molecule has 118 valence electrons. The van der Waals surface area contributed by atoms with Crippen LogP contribution in [0.15, 0.2) is 36.6 Å². The zero-order chi connectivity index (χ0) is 16.7. The quantitative estimate of drug-likeness (QED) is 0.858. The van der Waals surface area contributed by atoms with E-state index in [1.807, 2.05) is 33.8 Å². The largest absolute Gasteiger partial charge is 0.478 e. The van der Waals surface area contributed by atoms with Crippen LogP contribution < -0.4 is 0 Å². The highest BCUT2D eigenvalue weighted by atomic mass is 16.4. The number of rotatable bonds is 2. The van der Waals surface area contributed by atoms with E-state index in [2.05, 4.69) is 17.1 Å². The van der Waals surface area contributed by atoms with Crippen LogP contribution in [0.1, 0.15) is 56.6 Å². The Hall–Kier alpha value is -1.94. The van der Waals surface area contributed by atoms with Gasteiger partial charge in [0, 0.05) is 13.3 Å². The minimum atomic E-state index is -0.942. The van der Waals surface area contributed by atoms with Crippen LogP contribution in [0.25, 0.3) is 5.57 Å². The second-order valence-corrected chi connectivity index (χ2v) is 3.38. The van der Waals surface area contributed by atoms with Gasteiger partial charge < -0.3 is 10.2 Å². The molecule has 1 aromatic rings. The zero-order valence-electron chi connectivity index (χ0n) is 13.6. The monoisotopic (exact) mass is 293 g/mol. The molecule has 1 aliphatic carbocycles. The van der Waals surface area contributed by atoms with Crippen molar-refractivity contribution < 1.29 is 15.0 Å². The van der Waals surface area contributed by atoms with E-state index in [0.717, 1.165) is 31.2 Å². The SMILES string of the molecule is CC.CC.CO.O=C(O)c1ccc(C2=CCCC=C2)nc1. The Morgan fingerprint density at radius 2 is 1.71 bits per heavy atom. The molecule has 0 saturated heterocycles. The lowest BCUT2D eigenvalue weighted by molar-refractivity contribution is 0.0696. The topological polar surface area (TPSA) is 70.4 Å². The summed E-state index contributed by atoms with van der Waals surface area (Å²) in [6, 6.07) is 3.32. The highest BCUT2D eigenvalue weighted by Crippen LogP contribution is 2.19. The molecule has 0 unspecified atom stereocenters. The van der Waals surface area contributed by atoms with Gasteiger partial charge in [0.2, 0.25) is 0 Å². The van der Waals surface area contributed by atoms with E-state index in [-0.39, 0.29) is 5.56 Å². The van der Waals surface area contributed by atoms with Gasteiger partial charge in [0.05, 0.1) is 11.3 Å². The van der Waals surface area contributed by atoms with Crippen LogP contribution in [-0.4, -0.2) is 28.3 Å². The van der Waals surface area contributed by atoms with E-state index in [0.29, 0.717) is 0 Å². The number of pyridine rings is 1. The van der Waals surface area contributed by atoms with Gasteiger partial charge in [-0.25, -0.2) is 4.79 Å². The summed E-state index contributed by atoms with van der Waals surface area (Å²) in [7, 11) is 1.00. The average Bonchev–Trinajstić information content (AvgIpc) is 2.61. The van der Waals surface area contributed by atoms with Gasteiger partial charge in [-0.3, -0.25) is 4.98 Å². The molecular formula is C17H27NO3. The van der Waals surface area contributed by atoms with Crippen LogP contribution in [0, 0.1) is 0 Å². The van der Waals surface area contributed by atoms with Crippen LogP contribution >= 0.6 is 0 Å². The molecule has 1 aliphatic rings. The normalized spacial score (nSPS) is 11.4. The summed E-state index contributed by atoms with van der Waals surface area (Å²) < 4.78 is 0. The highest BCUT2D eigenvalue weighted by molar-refractivity contribution is 5.87. The second-order valence-electron chi connectivity index (χ2n) is 3.38. The van der Waals surface area contributed by atoms with Gasteiger partial charge >= 0.3 is 5.97 Å². The molecule has 0 spiro atoms. The molecule has 1 heterocycles. The fraction of sp³-hybridized carbons (Fsp3) is 0.412. The average molecular weight is 293 g/mol. The first-order valence-electron chi connectivity index (χ1n) is 7.28. The number of aromatic nitrogens is 1. The number of allylic oxidation sites excluding steroid dienone is 4. The van der Waals surface area contributed by atoms with Gasteiger partial charge in [0.15, 0.2) is 0 Å². The van der Waals surface area contributed by atoms with E-state index < -0.39 is 5.97 Å². The summed E-state index contributed by atoms with van der Waals surface area (Å²) in [4.78, 5) is 14.7. The summed E-state index contributed by atoms with van der Waals surface area (Å²) in [6.45, 7) is 8.00. The van der Waals surface area contributed by atoms with Gasteiger partial charge in [-0.2, -0.15) is 0 Å². The maximum atomic E-state index is 10.6. The fourth-order valence-electron chi connectivity index (χ4n) is 1.49. The lowest BCUT2D eigenvalue weighted by Gasteiger charge is -2.05. The Bertz CT molecular complexity index is 434. The van der Waals surface area contributed by atoms with Crippen molar-refractivity contribution in [2.24, 2.45) is 0 Å². The van der Waals surface area contributed by atoms with Gasteiger partial charge in [-0.15, -0.1) is 0 Å². The Labute approximate surface area is 127 Å². The van der Waals surface area contributed by atoms with Crippen LogP contribution in [0.2, 0.25) is 0 Å². The molecule has 4 heteroatoms. The minimum absolute atomic E-state index is 0.221. The number of aromatic carboxylic acids is 1. The lowest BCUT2D eigenvalue weighted by Crippen LogP contribution is -1.98. The minimum Gasteiger partial charge on any atom is -0.478 e. The maximum absolute atomic E-state index is 10.6. The summed E-state index contributed by atoms with van der Waals surface area (Å²) in [5.74, 6) is -0.942. The molecule has 0 aliphatic heterocycles. The number of nitrogens with zero attached hydrogens (tertiary/aromatic N) is 1. The number of aliphatic hydroxyl groups is 1. The van der Waals surface area contributed by atoms with Crippen LogP contribution in [-0.2, 0) is 0 Å². The van der Waals surface area contributed by atoms with Crippen molar-refractivity contribution in [2.45, 2.75) is 40.5 Å². The molecule has 0 fully saturated rings. The number of carbonyl (C=O) groups is 1. The van der Waals surface area contributed by atoms with Crippen molar-refractivity contribution in [3.8, 4) is 0 Å². The van der Waals surface area contributed by atoms with E-state index in [4.69, 9.17) is 10.2 Å². The smallest absolute Gasteiger partial charge is 0.337 e. The number of aliphatic hydroxyl groups excluding tert-OH is 1. The van der Waals surface area contributed by atoms with Gasteiger partial charge in [-0.05, 0) is 30.5 Å². The molecule has 0 radical (unpaired) electrons. The lowest BCUT2D eigenvalue weighted by atomic mass is 10.0. The van der Waals surface area contributed by atoms with E-state index in [9.17, 15) is 4.79 Å². The second kappa shape index (κ2) is 14.5. The first-order valence-corrected chi connectivity index (χ1v) is 7.28. The summed E-state index contributed by atoms with van der Waals surface area (Å²) in [5.41, 5.74) is 2.12. The van der Waals surface area contributed by atoms with Crippen LogP contribution in [0.4, 0.5) is 0 Å². The molecule has 4 nitrogen and oxygen atoms in total. The molecule has 21 heavy (non-hydrogen) atoms. The van der Waals surface area contributed by atoms with Gasteiger partial charge in [-0.1, -0.05) is 45.9 Å². The van der Waals surface area contributed by atoms with Crippen molar-refractivity contribution in [1.82, 2.24) is 4.98 Å². The third kappa shape index (κ3) is 8.05. The van der Waals surface area contributed by atoms with Crippen LogP contribution in [0.3, 0.4) is 0 Å². The molecule has 0 saturated carbocycles. The Morgan fingerprint density at radius 3 is 2.10 bits per heavy atom. The standard InChI is InChI=1S/C12H11NO2.2C2H6.CH4O/c14-12(15)10-6-7-11(13-8-10)9-4-2-1-3-5-9;3*1-2/h2,4-8H,1,3H2,(H,14,15);2*1-2H3;2H,1H3.